The van der Waals surface area contributed by atoms with E-state index in [1.807, 2.05) is 27.7 Å². The van der Waals surface area contributed by atoms with Crippen LogP contribution in [0.15, 0.2) is 35.4 Å². The monoisotopic (exact) mass is 491 g/mol. The molecule has 0 bridgehead atoms. The minimum absolute atomic E-state index is 0.0158. The third-order valence-corrected chi connectivity index (χ3v) is 7.87. The third-order valence-electron chi connectivity index (χ3n) is 6.25. The lowest BCUT2D eigenvalue weighted by atomic mass is 10.2. The van der Waals surface area contributed by atoms with Gasteiger partial charge in [-0.25, -0.2) is 8.42 Å². The van der Waals surface area contributed by atoms with E-state index in [4.69, 9.17) is 9.47 Å². The Morgan fingerprint density at radius 2 is 1.35 bits per heavy atom. The van der Waals surface area contributed by atoms with Gasteiger partial charge in [-0.05, 0) is 33.8 Å². The van der Waals surface area contributed by atoms with Gasteiger partial charge in [0, 0.05) is 43.3 Å². The summed E-state index contributed by atoms with van der Waals surface area (Å²) in [6.07, 6.45) is 1.09. The molecule has 0 spiro atoms. The highest BCUT2D eigenvalue weighted by Gasteiger charge is 2.32. The molecular formula is C24H33N3O6S. The topological polar surface area (TPSA) is 98.2 Å². The van der Waals surface area contributed by atoms with Crippen LogP contribution in [0.25, 0.3) is 10.9 Å². The van der Waals surface area contributed by atoms with Crippen molar-refractivity contribution in [3.63, 3.8) is 0 Å². The molecule has 1 aromatic heterocycles. The van der Waals surface area contributed by atoms with Crippen molar-refractivity contribution in [2.45, 2.75) is 63.6 Å². The van der Waals surface area contributed by atoms with Gasteiger partial charge in [0.05, 0.1) is 29.3 Å². The molecule has 0 radical (unpaired) electrons. The molecule has 0 saturated carbocycles. The molecule has 4 rings (SSSR count). The molecule has 3 heterocycles. The fraction of sp³-hybridized carbons (Fsp3) is 0.583. The molecule has 2 aliphatic heterocycles. The first-order valence-electron chi connectivity index (χ1n) is 11.7. The van der Waals surface area contributed by atoms with Crippen LogP contribution in [0.1, 0.15) is 27.7 Å². The van der Waals surface area contributed by atoms with Crippen molar-refractivity contribution in [2.24, 2.45) is 0 Å². The van der Waals surface area contributed by atoms with Gasteiger partial charge in [0.1, 0.15) is 12.3 Å². The quantitative estimate of drug-likeness (QED) is 0.631. The van der Waals surface area contributed by atoms with Gasteiger partial charge in [0.2, 0.25) is 11.8 Å². The highest BCUT2D eigenvalue weighted by atomic mass is 32.2. The van der Waals surface area contributed by atoms with Crippen LogP contribution in [0.3, 0.4) is 0 Å². The van der Waals surface area contributed by atoms with E-state index in [0.29, 0.717) is 37.1 Å². The third kappa shape index (κ3) is 5.29. The Kier molecular flexibility index (Phi) is 7.02. The Balaban J connectivity index is 1.57. The maximum absolute atomic E-state index is 13.3. The molecule has 4 atom stereocenters. The molecule has 34 heavy (non-hydrogen) atoms. The fourth-order valence-electron chi connectivity index (χ4n) is 4.93. The summed E-state index contributed by atoms with van der Waals surface area (Å²) in [4.78, 5) is 29.3. The summed E-state index contributed by atoms with van der Waals surface area (Å²) in [5.41, 5.74) is 0.643. The second kappa shape index (κ2) is 9.67. The van der Waals surface area contributed by atoms with Crippen molar-refractivity contribution in [3.05, 3.63) is 30.5 Å². The number of amides is 2. The van der Waals surface area contributed by atoms with Crippen molar-refractivity contribution in [3.8, 4) is 0 Å². The number of hydrogen-bond donors (Lipinski definition) is 0. The molecule has 2 saturated heterocycles. The van der Waals surface area contributed by atoms with Crippen molar-refractivity contribution in [1.29, 1.82) is 0 Å². The molecule has 1 aromatic carbocycles. The molecular weight excluding hydrogens is 458 g/mol. The first-order valence-corrected chi connectivity index (χ1v) is 13.4. The van der Waals surface area contributed by atoms with E-state index in [1.54, 1.807) is 38.6 Å². The average Bonchev–Trinajstić information content (AvgIpc) is 3.11. The number of aromatic nitrogens is 1. The Morgan fingerprint density at radius 1 is 0.853 bits per heavy atom. The van der Waals surface area contributed by atoms with E-state index in [9.17, 15) is 18.0 Å². The molecule has 2 aliphatic rings. The van der Waals surface area contributed by atoms with E-state index in [2.05, 4.69) is 0 Å². The SMILES string of the molecule is C[C@@H]1CN(C(=O)Cn2cc(S(=O)(=O)CC(=O)N3C[C@@H](C)O[C@@H](C)C3)c3ccccc32)C[C@@H](C)O1. The normalized spacial score (nSPS) is 26.1. The van der Waals surface area contributed by atoms with Gasteiger partial charge in [-0.3, -0.25) is 9.59 Å². The summed E-state index contributed by atoms with van der Waals surface area (Å²) in [5.74, 6) is -1.15. The molecule has 2 fully saturated rings. The highest BCUT2D eigenvalue weighted by Crippen LogP contribution is 2.27. The van der Waals surface area contributed by atoms with E-state index in [1.165, 1.54) is 6.20 Å². The zero-order chi connectivity index (χ0) is 24.6. The Labute approximate surface area is 200 Å². The smallest absolute Gasteiger partial charge is 0.242 e. The largest absolute Gasteiger partial charge is 0.372 e. The molecule has 2 aromatic rings. The predicted molar refractivity (Wildman–Crippen MR) is 127 cm³/mol. The summed E-state index contributed by atoms with van der Waals surface area (Å²) in [6.45, 7) is 9.34. The summed E-state index contributed by atoms with van der Waals surface area (Å²) in [7, 11) is -3.93. The number of morpholine rings is 2. The minimum Gasteiger partial charge on any atom is -0.372 e. The van der Waals surface area contributed by atoms with Crippen LogP contribution < -0.4 is 0 Å². The maximum atomic E-state index is 13.3. The first-order chi connectivity index (χ1) is 16.0. The number of carbonyl (C=O) groups excluding carboxylic acids is 2. The van der Waals surface area contributed by atoms with Crippen LogP contribution in [0.5, 0.6) is 0 Å². The van der Waals surface area contributed by atoms with Crippen LogP contribution in [-0.2, 0) is 35.4 Å². The van der Waals surface area contributed by atoms with Crippen LogP contribution >= 0.6 is 0 Å². The van der Waals surface area contributed by atoms with Crippen molar-refractivity contribution in [2.75, 3.05) is 31.9 Å². The summed E-state index contributed by atoms with van der Waals surface area (Å²) >= 11 is 0. The highest BCUT2D eigenvalue weighted by molar-refractivity contribution is 7.92. The molecule has 9 nitrogen and oxygen atoms in total. The van der Waals surface area contributed by atoms with E-state index in [-0.39, 0.29) is 41.8 Å². The van der Waals surface area contributed by atoms with Crippen LogP contribution in [0.4, 0.5) is 0 Å². The molecule has 10 heteroatoms. The fourth-order valence-corrected chi connectivity index (χ4v) is 6.39. The standard InChI is InChI=1S/C24H33N3O6S/c1-16-9-26(10-17(2)32-16)23(28)14-25-13-22(20-7-5-6-8-21(20)25)34(30,31)15-24(29)27-11-18(3)33-19(4)12-27/h5-8,13,16-19H,9-12,14-15H2,1-4H3/t16-,17-,18-,19+/m1/s1. The number of benzene rings is 1. The Morgan fingerprint density at radius 3 is 1.91 bits per heavy atom. The van der Waals surface area contributed by atoms with Gasteiger partial charge in [0.25, 0.3) is 0 Å². The van der Waals surface area contributed by atoms with Gasteiger partial charge in [-0.15, -0.1) is 0 Å². The molecule has 0 aliphatic carbocycles. The lowest BCUT2D eigenvalue weighted by Gasteiger charge is -2.35. The second-order valence-corrected chi connectivity index (χ2v) is 11.5. The number of fused-ring (bicyclic) bond motifs is 1. The van der Waals surface area contributed by atoms with E-state index < -0.39 is 21.5 Å². The van der Waals surface area contributed by atoms with Gasteiger partial charge < -0.3 is 23.8 Å². The summed E-state index contributed by atoms with van der Waals surface area (Å²) in [6, 6.07) is 7.07. The van der Waals surface area contributed by atoms with Gasteiger partial charge in [-0.2, -0.15) is 0 Å². The van der Waals surface area contributed by atoms with Crippen LogP contribution in [-0.4, -0.2) is 90.9 Å². The van der Waals surface area contributed by atoms with Crippen molar-refractivity contribution in [1.82, 2.24) is 14.4 Å². The molecule has 0 unspecified atom stereocenters. The van der Waals surface area contributed by atoms with E-state index >= 15 is 0 Å². The lowest BCUT2D eigenvalue weighted by molar-refractivity contribution is -0.143. The molecule has 0 N–H and O–H groups in total. The van der Waals surface area contributed by atoms with Crippen molar-refractivity contribution >= 4 is 32.6 Å². The van der Waals surface area contributed by atoms with Gasteiger partial charge in [0.15, 0.2) is 9.84 Å². The van der Waals surface area contributed by atoms with Crippen LogP contribution in [0.2, 0.25) is 0 Å². The number of rotatable bonds is 5. The number of hydrogen-bond acceptors (Lipinski definition) is 6. The first kappa shape index (κ1) is 24.7. The lowest BCUT2D eigenvalue weighted by Crippen LogP contribution is -2.49. The molecule has 2 amide bonds. The number of sulfone groups is 1. The Hall–Kier alpha value is -2.43. The van der Waals surface area contributed by atoms with E-state index in [0.717, 1.165) is 0 Å². The van der Waals surface area contributed by atoms with Crippen molar-refractivity contribution < 1.29 is 27.5 Å². The second-order valence-electron chi connectivity index (χ2n) is 9.51. The Bertz CT molecular complexity index is 1160. The maximum Gasteiger partial charge on any atom is 0.242 e. The number of carbonyl (C=O) groups is 2. The van der Waals surface area contributed by atoms with Gasteiger partial charge in [-0.1, -0.05) is 18.2 Å². The zero-order valence-electron chi connectivity index (χ0n) is 20.1. The summed E-state index contributed by atoms with van der Waals surface area (Å²) < 4.78 is 39.7. The average molecular weight is 492 g/mol. The minimum atomic E-state index is -3.93. The zero-order valence-corrected chi connectivity index (χ0v) is 21.0. The number of nitrogens with zero attached hydrogens (tertiary/aromatic N) is 3. The van der Waals surface area contributed by atoms with Crippen LogP contribution in [0, 0.1) is 0 Å². The number of ether oxygens (including phenoxy) is 2. The summed E-state index contributed by atoms with van der Waals surface area (Å²) in [5, 5.41) is 0.510. The molecule has 186 valence electrons. The van der Waals surface area contributed by atoms with Gasteiger partial charge >= 0.3 is 0 Å². The predicted octanol–water partition coefficient (Wildman–Crippen LogP) is 1.69. The number of para-hydroxylation sites is 1.